The molecule has 11 nitrogen and oxygen atoms in total. The van der Waals surface area contributed by atoms with Crippen LogP contribution in [0.15, 0.2) is 96.1 Å². The molecule has 0 atom stereocenters. The topological polar surface area (TPSA) is 142 Å². The van der Waals surface area contributed by atoms with Gasteiger partial charge in [0.15, 0.2) is 0 Å². The number of hydrogen-bond donors (Lipinski definition) is 1. The third kappa shape index (κ3) is 5.64. The van der Waals surface area contributed by atoms with Crippen LogP contribution >= 0.6 is 0 Å². The minimum atomic E-state index is -0.726. The van der Waals surface area contributed by atoms with Gasteiger partial charge in [-0.15, -0.1) is 0 Å². The average molecular weight is 550 g/mol. The van der Waals surface area contributed by atoms with E-state index in [4.69, 9.17) is 4.74 Å². The Morgan fingerprint density at radius 3 is 2.32 bits per heavy atom. The van der Waals surface area contributed by atoms with E-state index in [1.807, 2.05) is 60.9 Å². The number of benzene rings is 4. The maximum atomic E-state index is 12.6. The van der Waals surface area contributed by atoms with Gasteiger partial charge in [0.2, 0.25) is 5.75 Å². The second-order valence-electron chi connectivity index (χ2n) is 9.19. The van der Waals surface area contributed by atoms with E-state index in [9.17, 15) is 25.0 Å². The van der Waals surface area contributed by atoms with Crippen LogP contribution in [0.25, 0.3) is 16.5 Å². The van der Waals surface area contributed by atoms with Gasteiger partial charge >= 0.3 is 5.69 Å². The number of aromatic nitrogens is 1. The lowest BCUT2D eigenvalue weighted by Crippen LogP contribution is -2.17. The van der Waals surface area contributed by atoms with Crippen LogP contribution in [0.2, 0.25) is 0 Å². The lowest BCUT2D eigenvalue weighted by Gasteiger charge is -2.11. The molecule has 0 aliphatic heterocycles. The zero-order chi connectivity index (χ0) is 29.1. The molecule has 5 rings (SSSR count). The Morgan fingerprint density at radius 2 is 1.61 bits per heavy atom. The molecule has 5 aromatic rings. The summed E-state index contributed by atoms with van der Waals surface area (Å²) in [6.45, 7) is 3.85. The molecule has 4 aromatic carbocycles. The molecule has 204 valence electrons. The quantitative estimate of drug-likeness (QED) is 0.131. The van der Waals surface area contributed by atoms with Gasteiger partial charge in [-0.1, -0.05) is 30.3 Å². The number of aryl methyl sites for hydroxylation is 1. The van der Waals surface area contributed by atoms with Crippen molar-refractivity contribution >= 4 is 34.3 Å². The van der Waals surface area contributed by atoms with Gasteiger partial charge in [0.25, 0.3) is 11.6 Å². The number of carbonyl (C=O) groups excluding carboxylic acids is 1. The summed E-state index contributed by atoms with van der Waals surface area (Å²) < 4.78 is 7.65. The summed E-state index contributed by atoms with van der Waals surface area (Å²) in [6.07, 6.45) is 1.59. The molecule has 0 aliphatic rings. The standard InChI is InChI=1S/C30H23N5O6/c1-19-15-24(18-31-32-30(36)23-8-7-21-5-3-4-6-22(21)16-23)20(2)33(19)25-9-12-27(13-10-25)41-29-14-11-26(34(37)38)17-28(29)35(39)40/h3-18H,1-2H3,(H,32,36)/b31-18+. The van der Waals surface area contributed by atoms with Crippen LogP contribution in [0.3, 0.4) is 0 Å². The largest absolute Gasteiger partial charge is 0.450 e. The predicted molar refractivity (Wildman–Crippen MR) is 154 cm³/mol. The fourth-order valence-electron chi connectivity index (χ4n) is 4.51. The van der Waals surface area contributed by atoms with E-state index in [0.717, 1.165) is 45.5 Å². The number of nitrogens with one attached hydrogen (secondary N) is 1. The maximum absolute atomic E-state index is 12.6. The highest BCUT2D eigenvalue weighted by Gasteiger charge is 2.21. The molecule has 0 fully saturated rings. The van der Waals surface area contributed by atoms with Crippen molar-refractivity contribution in [1.29, 1.82) is 0 Å². The van der Waals surface area contributed by atoms with Gasteiger partial charge in [0.1, 0.15) is 5.75 Å². The monoisotopic (exact) mass is 549 g/mol. The highest BCUT2D eigenvalue weighted by Crippen LogP contribution is 2.34. The minimum absolute atomic E-state index is 0.106. The third-order valence-electron chi connectivity index (χ3n) is 6.52. The summed E-state index contributed by atoms with van der Waals surface area (Å²) in [7, 11) is 0. The zero-order valence-electron chi connectivity index (χ0n) is 22.0. The van der Waals surface area contributed by atoms with E-state index in [-0.39, 0.29) is 11.7 Å². The fraction of sp³-hybridized carbons (Fsp3) is 0.0667. The summed E-state index contributed by atoms with van der Waals surface area (Å²) >= 11 is 0. The maximum Gasteiger partial charge on any atom is 0.318 e. The summed E-state index contributed by atoms with van der Waals surface area (Å²) in [5, 5.41) is 28.5. The van der Waals surface area contributed by atoms with Crippen molar-refractivity contribution in [1.82, 2.24) is 9.99 Å². The normalized spacial score (nSPS) is 11.1. The van der Waals surface area contributed by atoms with Gasteiger partial charge in [-0.25, -0.2) is 5.43 Å². The van der Waals surface area contributed by atoms with Crippen LogP contribution < -0.4 is 10.2 Å². The molecule has 0 unspecified atom stereocenters. The molecule has 0 aliphatic carbocycles. The van der Waals surface area contributed by atoms with Crippen molar-refractivity contribution in [3.05, 3.63) is 134 Å². The van der Waals surface area contributed by atoms with Crippen molar-refractivity contribution in [2.45, 2.75) is 13.8 Å². The van der Waals surface area contributed by atoms with E-state index >= 15 is 0 Å². The van der Waals surface area contributed by atoms with Crippen molar-refractivity contribution < 1.29 is 19.4 Å². The van der Waals surface area contributed by atoms with E-state index in [2.05, 4.69) is 10.5 Å². The van der Waals surface area contributed by atoms with Gasteiger partial charge in [0, 0.05) is 34.3 Å². The van der Waals surface area contributed by atoms with Crippen molar-refractivity contribution in [3.8, 4) is 17.2 Å². The molecule has 0 saturated carbocycles. The van der Waals surface area contributed by atoms with Crippen molar-refractivity contribution in [2.75, 3.05) is 0 Å². The summed E-state index contributed by atoms with van der Waals surface area (Å²) in [5.74, 6) is -0.0954. The highest BCUT2D eigenvalue weighted by molar-refractivity contribution is 5.99. The number of carbonyl (C=O) groups is 1. The number of fused-ring (bicyclic) bond motifs is 1. The molecular formula is C30H23N5O6. The number of hydrogen-bond acceptors (Lipinski definition) is 7. The molecule has 1 aromatic heterocycles. The summed E-state index contributed by atoms with van der Waals surface area (Å²) in [6, 6.07) is 25.3. The minimum Gasteiger partial charge on any atom is -0.450 e. The number of nitro groups is 2. The van der Waals surface area contributed by atoms with Crippen LogP contribution in [0, 0.1) is 34.1 Å². The second kappa shape index (κ2) is 11.1. The van der Waals surface area contributed by atoms with Gasteiger partial charge in [-0.3, -0.25) is 25.0 Å². The van der Waals surface area contributed by atoms with Crippen LogP contribution in [-0.4, -0.2) is 26.5 Å². The Bertz CT molecular complexity index is 1840. The first-order valence-electron chi connectivity index (χ1n) is 12.4. The van der Waals surface area contributed by atoms with Gasteiger partial charge < -0.3 is 9.30 Å². The smallest absolute Gasteiger partial charge is 0.318 e. The van der Waals surface area contributed by atoms with Gasteiger partial charge in [0.05, 0.1) is 22.1 Å². The number of ether oxygens (including phenoxy) is 1. The Hall–Kier alpha value is -5.84. The van der Waals surface area contributed by atoms with Gasteiger partial charge in [-0.2, -0.15) is 5.10 Å². The molecule has 0 bridgehead atoms. The molecule has 0 spiro atoms. The summed E-state index contributed by atoms with van der Waals surface area (Å²) in [5.41, 5.74) is 5.61. The fourth-order valence-corrected chi connectivity index (χ4v) is 4.51. The Labute approximate surface area is 233 Å². The molecule has 41 heavy (non-hydrogen) atoms. The molecule has 1 N–H and O–H groups in total. The lowest BCUT2D eigenvalue weighted by molar-refractivity contribution is -0.394. The van der Waals surface area contributed by atoms with E-state index in [1.54, 1.807) is 36.5 Å². The van der Waals surface area contributed by atoms with Gasteiger partial charge in [-0.05, 0) is 73.2 Å². The molecular weight excluding hydrogens is 526 g/mol. The molecule has 11 heteroatoms. The van der Waals surface area contributed by atoms with E-state index in [1.165, 1.54) is 6.07 Å². The second-order valence-corrected chi connectivity index (χ2v) is 9.19. The Kier molecular flexibility index (Phi) is 7.25. The van der Waals surface area contributed by atoms with E-state index in [0.29, 0.717) is 11.3 Å². The first-order chi connectivity index (χ1) is 19.7. The molecule has 1 amide bonds. The van der Waals surface area contributed by atoms with Crippen LogP contribution in [0.5, 0.6) is 11.5 Å². The zero-order valence-corrected chi connectivity index (χ0v) is 22.0. The number of nitro benzene ring substituents is 2. The Balaban J connectivity index is 1.30. The number of rotatable bonds is 8. The predicted octanol–water partition coefficient (Wildman–Crippen LogP) is 6.62. The molecule has 0 saturated heterocycles. The number of non-ortho nitro benzene ring substituents is 1. The first-order valence-corrected chi connectivity index (χ1v) is 12.4. The van der Waals surface area contributed by atoms with Crippen molar-refractivity contribution in [3.63, 3.8) is 0 Å². The SMILES string of the molecule is Cc1cc(/C=N/NC(=O)c2ccc3ccccc3c2)c(C)n1-c1ccc(Oc2ccc([N+](=O)[O-])cc2[N+](=O)[O-])cc1. The third-order valence-corrected chi connectivity index (χ3v) is 6.52. The van der Waals surface area contributed by atoms with Crippen LogP contribution in [-0.2, 0) is 0 Å². The Morgan fingerprint density at radius 1 is 0.878 bits per heavy atom. The average Bonchev–Trinajstić information content (AvgIpc) is 3.25. The molecule has 0 radical (unpaired) electrons. The lowest BCUT2D eigenvalue weighted by atomic mass is 10.1. The number of amides is 1. The van der Waals surface area contributed by atoms with Crippen molar-refractivity contribution in [2.24, 2.45) is 5.10 Å². The number of hydrazone groups is 1. The van der Waals surface area contributed by atoms with Crippen LogP contribution in [0.1, 0.15) is 27.3 Å². The summed E-state index contributed by atoms with van der Waals surface area (Å²) in [4.78, 5) is 33.6. The first kappa shape index (κ1) is 26.8. The van der Waals surface area contributed by atoms with E-state index < -0.39 is 21.2 Å². The highest BCUT2D eigenvalue weighted by atomic mass is 16.6. The number of nitrogens with zero attached hydrogens (tertiary/aromatic N) is 4. The molecule has 1 heterocycles. The van der Waals surface area contributed by atoms with Crippen LogP contribution in [0.4, 0.5) is 11.4 Å².